The van der Waals surface area contributed by atoms with Crippen molar-refractivity contribution in [3.05, 3.63) is 94.5 Å². The number of hydrogen-bond acceptors (Lipinski definition) is 4. The van der Waals surface area contributed by atoms with Crippen LogP contribution in [0, 0.1) is 13.8 Å². The lowest BCUT2D eigenvalue weighted by Crippen LogP contribution is -2.52. The molecule has 0 aliphatic heterocycles. The second-order valence-corrected chi connectivity index (χ2v) is 12.1. The van der Waals surface area contributed by atoms with Gasteiger partial charge in [-0.25, -0.2) is 8.42 Å². The predicted octanol–water partition coefficient (Wildman–Crippen LogP) is 5.88. The number of rotatable bonds is 13. The molecule has 0 bridgehead atoms. The Bertz CT molecular complexity index is 1400. The molecule has 0 radical (unpaired) electrons. The van der Waals surface area contributed by atoms with E-state index < -0.39 is 28.5 Å². The molecule has 40 heavy (non-hydrogen) atoms. The summed E-state index contributed by atoms with van der Waals surface area (Å²) in [5.74, 6) is -0.733. The van der Waals surface area contributed by atoms with Gasteiger partial charge in [0.05, 0.1) is 10.6 Å². The minimum atomic E-state index is -4.12. The summed E-state index contributed by atoms with van der Waals surface area (Å²) >= 11 is 6.17. The van der Waals surface area contributed by atoms with Crippen molar-refractivity contribution in [2.24, 2.45) is 0 Å². The van der Waals surface area contributed by atoms with E-state index in [0.717, 1.165) is 28.3 Å². The summed E-state index contributed by atoms with van der Waals surface area (Å²) < 4.78 is 28.9. The summed E-state index contributed by atoms with van der Waals surface area (Å²) in [7, 11) is -4.12. The zero-order valence-corrected chi connectivity index (χ0v) is 25.1. The van der Waals surface area contributed by atoms with E-state index in [0.29, 0.717) is 29.2 Å². The maximum Gasteiger partial charge on any atom is 0.264 e. The van der Waals surface area contributed by atoms with E-state index in [4.69, 9.17) is 11.6 Å². The monoisotopic (exact) mass is 583 g/mol. The Balaban J connectivity index is 2.05. The van der Waals surface area contributed by atoms with Gasteiger partial charge in [0.25, 0.3) is 10.0 Å². The highest BCUT2D eigenvalue weighted by Crippen LogP contribution is 2.29. The molecule has 214 valence electrons. The Morgan fingerprint density at radius 1 is 0.950 bits per heavy atom. The van der Waals surface area contributed by atoms with Crippen molar-refractivity contribution in [1.29, 1.82) is 0 Å². The Labute approximate surface area is 243 Å². The molecular weight excluding hydrogens is 546 g/mol. The van der Waals surface area contributed by atoms with Crippen LogP contribution in [-0.2, 0) is 26.2 Å². The number of anilines is 1. The van der Waals surface area contributed by atoms with Crippen molar-refractivity contribution >= 4 is 39.1 Å². The normalized spacial score (nSPS) is 12.0. The van der Waals surface area contributed by atoms with E-state index in [1.165, 1.54) is 17.0 Å². The summed E-state index contributed by atoms with van der Waals surface area (Å²) in [4.78, 5) is 28.9. The van der Waals surface area contributed by atoms with E-state index in [2.05, 4.69) is 5.32 Å². The molecule has 9 heteroatoms. The molecule has 2 amide bonds. The lowest BCUT2D eigenvalue weighted by molar-refractivity contribution is -0.140. The van der Waals surface area contributed by atoms with Crippen LogP contribution in [0.2, 0.25) is 5.02 Å². The molecule has 3 aromatic rings. The van der Waals surface area contributed by atoms with Crippen LogP contribution < -0.4 is 9.62 Å². The van der Waals surface area contributed by atoms with Gasteiger partial charge in [-0.2, -0.15) is 0 Å². The van der Waals surface area contributed by atoms with Gasteiger partial charge in [-0.3, -0.25) is 13.9 Å². The van der Waals surface area contributed by atoms with Crippen LogP contribution in [0.5, 0.6) is 0 Å². The van der Waals surface area contributed by atoms with Crippen LogP contribution in [0.25, 0.3) is 0 Å². The number of nitrogens with zero attached hydrogens (tertiary/aromatic N) is 2. The van der Waals surface area contributed by atoms with Crippen LogP contribution in [0.1, 0.15) is 49.8 Å². The number of sulfonamides is 1. The summed E-state index contributed by atoms with van der Waals surface area (Å²) in [5.41, 5.74) is 2.87. The van der Waals surface area contributed by atoms with E-state index in [-0.39, 0.29) is 17.3 Å². The Hall–Kier alpha value is -3.36. The van der Waals surface area contributed by atoms with Gasteiger partial charge >= 0.3 is 0 Å². The number of benzene rings is 3. The first kappa shape index (κ1) is 31.2. The number of amides is 2. The van der Waals surface area contributed by atoms with Crippen molar-refractivity contribution in [2.45, 2.75) is 64.4 Å². The quantitative estimate of drug-likeness (QED) is 0.255. The standard InChI is InChI=1S/C31H38ClN3O4S/c1-5-7-19-33-31(37)28(6-2)34(21-25-15-13-23(3)14-16-25)30(36)22-35(29-18-17-26(32)20-24(29)4)40(38,39)27-11-9-8-10-12-27/h8-18,20,28H,5-7,19,21-22H2,1-4H3,(H,33,37)/t28-/m0/s1. The molecule has 0 aliphatic rings. The van der Waals surface area contributed by atoms with Gasteiger partial charge < -0.3 is 10.2 Å². The number of halogens is 1. The summed E-state index contributed by atoms with van der Waals surface area (Å²) in [6.45, 7) is 7.81. The summed E-state index contributed by atoms with van der Waals surface area (Å²) in [5, 5.41) is 3.40. The molecule has 0 aliphatic carbocycles. The zero-order chi connectivity index (χ0) is 29.3. The van der Waals surface area contributed by atoms with Crippen LogP contribution in [0.3, 0.4) is 0 Å². The van der Waals surface area contributed by atoms with E-state index in [1.54, 1.807) is 43.3 Å². The minimum Gasteiger partial charge on any atom is -0.354 e. The number of carbonyl (C=O) groups excluding carboxylic acids is 2. The van der Waals surface area contributed by atoms with Crippen molar-refractivity contribution in [3.8, 4) is 0 Å². The molecule has 0 unspecified atom stereocenters. The van der Waals surface area contributed by atoms with E-state index >= 15 is 0 Å². The minimum absolute atomic E-state index is 0.0617. The Kier molecular flexibility index (Phi) is 11.2. The molecule has 3 aromatic carbocycles. The highest BCUT2D eigenvalue weighted by molar-refractivity contribution is 7.92. The first-order valence-corrected chi connectivity index (χ1v) is 15.4. The molecule has 0 saturated carbocycles. The van der Waals surface area contributed by atoms with Crippen LogP contribution in [0.15, 0.2) is 77.7 Å². The average Bonchev–Trinajstić information content (AvgIpc) is 2.93. The van der Waals surface area contributed by atoms with Crippen molar-refractivity contribution in [1.82, 2.24) is 10.2 Å². The van der Waals surface area contributed by atoms with Gasteiger partial charge in [0.1, 0.15) is 12.6 Å². The lowest BCUT2D eigenvalue weighted by atomic mass is 10.1. The largest absolute Gasteiger partial charge is 0.354 e. The third-order valence-electron chi connectivity index (χ3n) is 6.73. The molecule has 7 nitrogen and oxygen atoms in total. The molecule has 0 spiro atoms. The Morgan fingerprint density at radius 2 is 1.62 bits per heavy atom. The molecule has 0 fully saturated rings. The second-order valence-electron chi connectivity index (χ2n) is 9.83. The second kappa shape index (κ2) is 14.3. The first-order chi connectivity index (χ1) is 19.1. The third kappa shape index (κ3) is 7.86. The highest BCUT2D eigenvalue weighted by atomic mass is 35.5. The number of aryl methyl sites for hydroxylation is 2. The number of hydrogen-bond donors (Lipinski definition) is 1. The van der Waals surface area contributed by atoms with E-state index in [9.17, 15) is 18.0 Å². The number of nitrogens with one attached hydrogen (secondary N) is 1. The van der Waals surface area contributed by atoms with Gasteiger partial charge in [0, 0.05) is 18.1 Å². The van der Waals surface area contributed by atoms with Crippen molar-refractivity contribution in [3.63, 3.8) is 0 Å². The third-order valence-corrected chi connectivity index (χ3v) is 8.74. The van der Waals surface area contributed by atoms with Gasteiger partial charge in [0.2, 0.25) is 11.8 Å². The average molecular weight is 584 g/mol. The van der Waals surface area contributed by atoms with Crippen LogP contribution in [-0.4, -0.2) is 44.3 Å². The fraction of sp³-hybridized carbons (Fsp3) is 0.355. The number of carbonyl (C=O) groups is 2. The van der Waals surface area contributed by atoms with Crippen molar-refractivity contribution in [2.75, 3.05) is 17.4 Å². The topological polar surface area (TPSA) is 86.8 Å². The van der Waals surface area contributed by atoms with Crippen molar-refractivity contribution < 1.29 is 18.0 Å². The van der Waals surface area contributed by atoms with Crippen LogP contribution >= 0.6 is 11.6 Å². The lowest BCUT2D eigenvalue weighted by Gasteiger charge is -2.33. The molecule has 1 N–H and O–H groups in total. The Morgan fingerprint density at radius 3 is 2.23 bits per heavy atom. The zero-order valence-electron chi connectivity index (χ0n) is 23.6. The maximum absolute atomic E-state index is 14.1. The van der Waals surface area contributed by atoms with Gasteiger partial charge in [-0.05, 0) is 68.1 Å². The summed E-state index contributed by atoms with van der Waals surface area (Å²) in [6, 6.07) is 19.8. The molecule has 3 rings (SSSR count). The summed E-state index contributed by atoms with van der Waals surface area (Å²) in [6.07, 6.45) is 2.13. The van der Waals surface area contributed by atoms with Gasteiger partial charge in [-0.15, -0.1) is 0 Å². The van der Waals surface area contributed by atoms with E-state index in [1.807, 2.05) is 45.0 Å². The smallest absolute Gasteiger partial charge is 0.264 e. The predicted molar refractivity (Wildman–Crippen MR) is 161 cm³/mol. The van der Waals surface area contributed by atoms with Crippen LogP contribution in [0.4, 0.5) is 5.69 Å². The molecule has 1 atom stereocenters. The fourth-order valence-electron chi connectivity index (χ4n) is 4.45. The number of unbranched alkanes of at least 4 members (excludes halogenated alkanes) is 1. The molecule has 0 saturated heterocycles. The highest BCUT2D eigenvalue weighted by Gasteiger charge is 2.34. The molecule has 0 heterocycles. The fourth-order valence-corrected chi connectivity index (χ4v) is 6.17. The van der Waals surface area contributed by atoms with Gasteiger partial charge in [-0.1, -0.05) is 79.9 Å². The SMILES string of the molecule is CCCCNC(=O)[C@H](CC)N(Cc1ccc(C)cc1)C(=O)CN(c1ccc(Cl)cc1C)S(=O)(=O)c1ccccc1. The maximum atomic E-state index is 14.1. The van der Waals surface area contributed by atoms with Gasteiger partial charge in [0.15, 0.2) is 0 Å². The molecular formula is C31H38ClN3O4S. The molecule has 0 aromatic heterocycles. The first-order valence-electron chi connectivity index (χ1n) is 13.5.